The molecule has 62 valence electrons. The first kappa shape index (κ1) is 9.36. The first-order chi connectivity index (χ1) is 5.83. The van der Waals surface area contributed by atoms with Crippen molar-refractivity contribution < 1.29 is 4.79 Å². The molecular formula is C9H7ClOS. The second-order valence-corrected chi connectivity index (χ2v) is 3.45. The maximum Gasteiger partial charge on any atom is 0.143 e. The minimum Gasteiger partial charge on any atom is -0.299 e. The van der Waals surface area contributed by atoms with E-state index in [1.54, 1.807) is 5.41 Å². The van der Waals surface area contributed by atoms with Gasteiger partial charge in [0, 0.05) is 9.92 Å². The molecule has 1 rings (SSSR count). The molecule has 12 heavy (non-hydrogen) atoms. The van der Waals surface area contributed by atoms with Gasteiger partial charge in [-0.15, -0.1) is 0 Å². The predicted molar refractivity (Wildman–Crippen MR) is 52.5 cm³/mol. The molecule has 0 saturated heterocycles. The van der Waals surface area contributed by atoms with E-state index >= 15 is 0 Å². The molecule has 0 bridgehead atoms. The van der Waals surface area contributed by atoms with Crippen molar-refractivity contribution in [3.8, 4) is 0 Å². The van der Waals surface area contributed by atoms with Gasteiger partial charge in [-0.05, 0) is 35.7 Å². The number of benzene rings is 1. The standard InChI is InChI=1S/C9H7ClOS/c10-8-2-4-9(5-3-8)12-7-1-6-11/h1-7H. The number of allylic oxidation sites excluding steroid dienone is 1. The van der Waals surface area contributed by atoms with E-state index in [2.05, 4.69) is 0 Å². The molecule has 0 aliphatic heterocycles. The van der Waals surface area contributed by atoms with Crippen molar-refractivity contribution in [2.24, 2.45) is 0 Å². The number of carbonyl (C=O) groups excluding carboxylic acids is 1. The van der Waals surface area contributed by atoms with Crippen LogP contribution >= 0.6 is 23.4 Å². The molecule has 0 amide bonds. The summed E-state index contributed by atoms with van der Waals surface area (Å²) in [6.07, 6.45) is 2.21. The number of halogens is 1. The van der Waals surface area contributed by atoms with E-state index in [-0.39, 0.29) is 0 Å². The minimum atomic E-state index is 0.721. The molecule has 0 spiro atoms. The zero-order valence-electron chi connectivity index (χ0n) is 6.24. The highest BCUT2D eigenvalue weighted by atomic mass is 35.5. The summed E-state index contributed by atoms with van der Waals surface area (Å²) in [5, 5.41) is 2.45. The lowest BCUT2D eigenvalue weighted by Gasteiger charge is -1.94. The zero-order valence-corrected chi connectivity index (χ0v) is 7.81. The van der Waals surface area contributed by atoms with Crippen LogP contribution in [0, 0.1) is 0 Å². The van der Waals surface area contributed by atoms with Gasteiger partial charge in [0.05, 0.1) is 0 Å². The number of thioether (sulfide) groups is 1. The molecule has 0 heterocycles. The molecule has 1 nitrogen and oxygen atoms in total. The highest BCUT2D eigenvalue weighted by Crippen LogP contribution is 2.20. The first-order valence-corrected chi connectivity index (χ1v) is 4.61. The van der Waals surface area contributed by atoms with Gasteiger partial charge in [0.1, 0.15) is 6.29 Å². The van der Waals surface area contributed by atoms with Gasteiger partial charge >= 0.3 is 0 Å². The van der Waals surface area contributed by atoms with Gasteiger partial charge in [-0.3, -0.25) is 4.79 Å². The molecule has 1 aromatic carbocycles. The van der Waals surface area contributed by atoms with Crippen LogP contribution in [0.5, 0.6) is 0 Å². The van der Waals surface area contributed by atoms with Gasteiger partial charge in [-0.25, -0.2) is 0 Å². The molecule has 0 saturated carbocycles. The Morgan fingerprint density at radius 3 is 2.50 bits per heavy atom. The topological polar surface area (TPSA) is 17.1 Å². The van der Waals surface area contributed by atoms with Crippen LogP contribution in [0.4, 0.5) is 0 Å². The number of rotatable bonds is 3. The zero-order chi connectivity index (χ0) is 8.81. The summed E-state index contributed by atoms with van der Waals surface area (Å²) in [6.45, 7) is 0. The third kappa shape index (κ3) is 3.11. The van der Waals surface area contributed by atoms with Crippen LogP contribution in [0.25, 0.3) is 0 Å². The van der Waals surface area contributed by atoms with Gasteiger partial charge in [-0.2, -0.15) is 0 Å². The van der Waals surface area contributed by atoms with E-state index in [1.807, 2.05) is 24.3 Å². The van der Waals surface area contributed by atoms with Crippen molar-refractivity contribution in [3.63, 3.8) is 0 Å². The lowest BCUT2D eigenvalue weighted by molar-refractivity contribution is -0.104. The molecule has 3 heteroatoms. The molecule has 0 radical (unpaired) electrons. The third-order valence-electron chi connectivity index (χ3n) is 1.17. The fourth-order valence-corrected chi connectivity index (χ4v) is 1.38. The van der Waals surface area contributed by atoms with E-state index in [9.17, 15) is 4.79 Å². The summed E-state index contributed by atoms with van der Waals surface area (Å²) in [4.78, 5) is 11.0. The van der Waals surface area contributed by atoms with Gasteiger partial charge in [-0.1, -0.05) is 23.4 Å². The van der Waals surface area contributed by atoms with E-state index in [0.717, 1.165) is 16.2 Å². The van der Waals surface area contributed by atoms with Crippen molar-refractivity contribution in [2.45, 2.75) is 4.90 Å². The minimum absolute atomic E-state index is 0.721. The molecule has 0 N–H and O–H groups in total. The van der Waals surface area contributed by atoms with Crippen LogP contribution in [0.15, 0.2) is 40.6 Å². The number of hydrogen-bond donors (Lipinski definition) is 0. The summed E-state index contributed by atoms with van der Waals surface area (Å²) < 4.78 is 0. The van der Waals surface area contributed by atoms with Crippen molar-refractivity contribution in [1.29, 1.82) is 0 Å². The third-order valence-corrected chi connectivity index (χ3v) is 2.26. The molecule has 0 atom stereocenters. The number of aldehydes is 1. The Morgan fingerprint density at radius 1 is 1.25 bits per heavy atom. The SMILES string of the molecule is O=CC=CSc1ccc(Cl)cc1. The average Bonchev–Trinajstić information content (AvgIpc) is 2.09. The monoisotopic (exact) mass is 198 g/mol. The normalized spacial score (nSPS) is 10.4. The Morgan fingerprint density at radius 2 is 1.92 bits per heavy atom. The van der Waals surface area contributed by atoms with Crippen LogP contribution in [-0.2, 0) is 4.79 Å². The second kappa shape index (κ2) is 5.01. The van der Waals surface area contributed by atoms with Gasteiger partial charge in [0.15, 0.2) is 0 Å². The lowest BCUT2D eigenvalue weighted by Crippen LogP contribution is -1.67. The van der Waals surface area contributed by atoms with Crippen molar-refractivity contribution in [2.75, 3.05) is 0 Å². The summed E-state index contributed by atoms with van der Waals surface area (Å²) in [7, 11) is 0. The Balaban J connectivity index is 2.58. The van der Waals surface area contributed by atoms with E-state index in [4.69, 9.17) is 11.6 Å². The fourth-order valence-electron chi connectivity index (χ4n) is 0.663. The smallest absolute Gasteiger partial charge is 0.143 e. The average molecular weight is 199 g/mol. The molecular weight excluding hydrogens is 192 g/mol. The van der Waals surface area contributed by atoms with Crippen LogP contribution in [-0.4, -0.2) is 6.29 Å². The van der Waals surface area contributed by atoms with E-state index < -0.39 is 0 Å². The largest absolute Gasteiger partial charge is 0.299 e. The highest BCUT2D eigenvalue weighted by Gasteiger charge is 1.89. The first-order valence-electron chi connectivity index (χ1n) is 3.35. The Labute approximate surface area is 80.4 Å². The number of carbonyl (C=O) groups is 1. The Bertz CT molecular complexity index is 279. The molecule has 0 fully saturated rings. The van der Waals surface area contributed by atoms with Crippen molar-refractivity contribution in [1.82, 2.24) is 0 Å². The van der Waals surface area contributed by atoms with Gasteiger partial charge < -0.3 is 0 Å². The van der Waals surface area contributed by atoms with Crippen molar-refractivity contribution >= 4 is 29.6 Å². The fraction of sp³-hybridized carbons (Fsp3) is 0. The summed E-state index contributed by atoms with van der Waals surface area (Å²) in [6, 6.07) is 7.45. The second-order valence-electron chi connectivity index (χ2n) is 2.04. The van der Waals surface area contributed by atoms with Crippen LogP contribution in [0.2, 0.25) is 5.02 Å². The summed E-state index contributed by atoms with van der Waals surface area (Å²) in [5.41, 5.74) is 0. The maximum absolute atomic E-state index is 9.93. The summed E-state index contributed by atoms with van der Waals surface area (Å²) in [5.74, 6) is 0. The Kier molecular flexibility index (Phi) is 3.91. The van der Waals surface area contributed by atoms with Crippen LogP contribution < -0.4 is 0 Å². The quantitative estimate of drug-likeness (QED) is 0.422. The van der Waals surface area contributed by atoms with Crippen molar-refractivity contribution in [3.05, 3.63) is 40.8 Å². The maximum atomic E-state index is 9.93. The molecule has 0 unspecified atom stereocenters. The highest BCUT2D eigenvalue weighted by molar-refractivity contribution is 8.02. The molecule has 0 aromatic heterocycles. The van der Waals surface area contributed by atoms with Gasteiger partial charge in [0.2, 0.25) is 0 Å². The number of hydrogen-bond acceptors (Lipinski definition) is 2. The van der Waals surface area contributed by atoms with Crippen LogP contribution in [0.1, 0.15) is 0 Å². The van der Waals surface area contributed by atoms with E-state index in [1.165, 1.54) is 17.8 Å². The lowest BCUT2D eigenvalue weighted by atomic mass is 10.4. The summed E-state index contributed by atoms with van der Waals surface area (Å²) >= 11 is 7.17. The molecule has 0 aliphatic carbocycles. The Hall–Kier alpha value is -0.730. The van der Waals surface area contributed by atoms with Crippen LogP contribution in [0.3, 0.4) is 0 Å². The molecule has 0 aliphatic rings. The molecule has 1 aromatic rings. The predicted octanol–water partition coefficient (Wildman–Crippen LogP) is 3.14. The van der Waals surface area contributed by atoms with Gasteiger partial charge in [0.25, 0.3) is 0 Å². The van der Waals surface area contributed by atoms with E-state index in [0.29, 0.717) is 0 Å².